The summed E-state index contributed by atoms with van der Waals surface area (Å²) in [6.07, 6.45) is -2.48. The molecule has 0 saturated carbocycles. The lowest BCUT2D eigenvalue weighted by atomic mass is 10.0. The SMILES string of the molecule is COc1ccc(OC)c([C@@H](C(F)F)N2CCNCC2)c1.Cl.Cl. The number of rotatable bonds is 5. The number of halogens is 4. The Morgan fingerprint density at radius 2 is 1.73 bits per heavy atom. The molecule has 128 valence electrons. The number of methoxy groups -OCH3 is 2. The highest BCUT2D eigenvalue weighted by molar-refractivity contribution is 5.85. The minimum Gasteiger partial charge on any atom is -0.497 e. The van der Waals surface area contributed by atoms with Crippen LogP contribution in [0.3, 0.4) is 0 Å². The molecule has 1 atom stereocenters. The number of hydrogen-bond acceptors (Lipinski definition) is 4. The monoisotopic (exact) mass is 358 g/mol. The number of nitrogens with zero attached hydrogens (tertiary/aromatic N) is 1. The van der Waals surface area contributed by atoms with Gasteiger partial charge in [0, 0.05) is 31.7 Å². The molecule has 1 saturated heterocycles. The maximum absolute atomic E-state index is 13.6. The molecule has 0 bridgehead atoms. The van der Waals surface area contributed by atoms with Gasteiger partial charge in [0.1, 0.15) is 17.5 Å². The molecule has 4 nitrogen and oxygen atoms in total. The molecule has 2 rings (SSSR count). The Morgan fingerprint density at radius 1 is 1.09 bits per heavy atom. The lowest BCUT2D eigenvalue weighted by molar-refractivity contribution is 0.0169. The van der Waals surface area contributed by atoms with Gasteiger partial charge in [0.15, 0.2) is 0 Å². The summed E-state index contributed by atoms with van der Waals surface area (Å²) in [5, 5.41) is 3.17. The van der Waals surface area contributed by atoms with Crippen LogP contribution in [0.5, 0.6) is 11.5 Å². The molecule has 0 aliphatic carbocycles. The number of piperazine rings is 1. The van der Waals surface area contributed by atoms with Gasteiger partial charge in [-0.3, -0.25) is 4.90 Å². The van der Waals surface area contributed by atoms with Crippen LogP contribution in [0.25, 0.3) is 0 Å². The third kappa shape index (κ3) is 4.84. The first-order valence-electron chi connectivity index (χ1n) is 6.62. The van der Waals surface area contributed by atoms with Crippen LogP contribution in [-0.2, 0) is 0 Å². The Kier molecular flexibility index (Phi) is 9.67. The second kappa shape index (κ2) is 10.0. The summed E-state index contributed by atoms with van der Waals surface area (Å²) in [6.45, 7) is 2.62. The molecule has 0 spiro atoms. The number of ether oxygens (including phenoxy) is 2. The molecule has 22 heavy (non-hydrogen) atoms. The van der Waals surface area contributed by atoms with E-state index >= 15 is 0 Å². The Bertz CT molecular complexity index is 447. The first-order valence-corrected chi connectivity index (χ1v) is 6.62. The van der Waals surface area contributed by atoms with Crippen LogP contribution in [0.1, 0.15) is 11.6 Å². The van der Waals surface area contributed by atoms with Gasteiger partial charge in [0.05, 0.1) is 14.2 Å². The molecular formula is C14H22Cl2F2N2O2. The predicted octanol–water partition coefficient (Wildman–Crippen LogP) is 2.76. The Morgan fingerprint density at radius 3 is 2.23 bits per heavy atom. The van der Waals surface area contributed by atoms with Crippen LogP contribution in [-0.4, -0.2) is 51.7 Å². The van der Waals surface area contributed by atoms with Crippen LogP contribution in [0, 0.1) is 0 Å². The van der Waals surface area contributed by atoms with E-state index in [1.807, 2.05) is 0 Å². The second-order valence-electron chi connectivity index (χ2n) is 4.67. The van der Waals surface area contributed by atoms with Gasteiger partial charge >= 0.3 is 0 Å². The maximum atomic E-state index is 13.6. The van der Waals surface area contributed by atoms with E-state index in [2.05, 4.69) is 5.32 Å². The summed E-state index contributed by atoms with van der Waals surface area (Å²) in [6, 6.07) is 4.05. The maximum Gasteiger partial charge on any atom is 0.258 e. The van der Waals surface area contributed by atoms with Crippen molar-refractivity contribution < 1.29 is 18.3 Å². The van der Waals surface area contributed by atoms with Crippen LogP contribution in [0.2, 0.25) is 0 Å². The van der Waals surface area contributed by atoms with Gasteiger partial charge in [-0.05, 0) is 18.2 Å². The molecule has 1 aliphatic rings. The largest absolute Gasteiger partial charge is 0.497 e. The highest BCUT2D eigenvalue weighted by Crippen LogP contribution is 2.36. The summed E-state index contributed by atoms with van der Waals surface area (Å²) in [5.41, 5.74) is 0.476. The third-order valence-corrected chi connectivity index (χ3v) is 3.54. The van der Waals surface area contributed by atoms with E-state index < -0.39 is 12.5 Å². The van der Waals surface area contributed by atoms with Crippen LogP contribution < -0.4 is 14.8 Å². The summed E-state index contributed by atoms with van der Waals surface area (Å²) >= 11 is 0. The van der Waals surface area contributed by atoms with Gasteiger partial charge in [0.2, 0.25) is 0 Å². The molecule has 0 radical (unpaired) electrons. The van der Waals surface area contributed by atoms with Gasteiger partial charge in [-0.25, -0.2) is 8.78 Å². The number of benzene rings is 1. The van der Waals surface area contributed by atoms with E-state index in [0.717, 1.165) is 13.1 Å². The third-order valence-electron chi connectivity index (χ3n) is 3.54. The molecule has 8 heteroatoms. The highest BCUT2D eigenvalue weighted by atomic mass is 35.5. The fourth-order valence-corrected chi connectivity index (χ4v) is 2.52. The number of hydrogen-bond donors (Lipinski definition) is 1. The van der Waals surface area contributed by atoms with Gasteiger partial charge < -0.3 is 14.8 Å². The zero-order valence-corrected chi connectivity index (χ0v) is 14.2. The van der Waals surface area contributed by atoms with Crippen molar-refractivity contribution in [2.45, 2.75) is 12.5 Å². The van der Waals surface area contributed by atoms with Gasteiger partial charge in [-0.15, -0.1) is 24.8 Å². The first kappa shape index (κ1) is 21.2. The molecule has 0 aromatic heterocycles. The quantitative estimate of drug-likeness (QED) is 0.877. The second-order valence-corrected chi connectivity index (χ2v) is 4.67. The topological polar surface area (TPSA) is 33.7 Å². The molecule has 1 aliphatic heterocycles. The van der Waals surface area contributed by atoms with Crippen molar-refractivity contribution in [2.75, 3.05) is 40.4 Å². The van der Waals surface area contributed by atoms with E-state index in [9.17, 15) is 8.78 Å². The molecule has 0 unspecified atom stereocenters. The van der Waals surface area contributed by atoms with Crippen molar-refractivity contribution in [3.8, 4) is 11.5 Å². The molecule has 1 fully saturated rings. The Labute approximate surface area is 142 Å². The van der Waals surface area contributed by atoms with E-state index in [1.54, 1.807) is 23.1 Å². The zero-order chi connectivity index (χ0) is 14.5. The average Bonchev–Trinajstić information content (AvgIpc) is 2.48. The van der Waals surface area contributed by atoms with Crippen LogP contribution in [0.4, 0.5) is 8.78 Å². The van der Waals surface area contributed by atoms with Gasteiger partial charge in [0.25, 0.3) is 6.43 Å². The zero-order valence-electron chi connectivity index (χ0n) is 12.6. The summed E-state index contributed by atoms with van der Waals surface area (Å²) < 4.78 is 37.5. The van der Waals surface area contributed by atoms with E-state index in [1.165, 1.54) is 14.2 Å². The van der Waals surface area contributed by atoms with E-state index in [-0.39, 0.29) is 24.8 Å². The average molecular weight is 359 g/mol. The number of alkyl halides is 2. The van der Waals surface area contributed by atoms with Gasteiger partial charge in [-0.2, -0.15) is 0 Å². The Balaban J connectivity index is 0.00000220. The first-order chi connectivity index (χ1) is 9.67. The highest BCUT2D eigenvalue weighted by Gasteiger charge is 2.32. The standard InChI is InChI=1S/C14H20F2N2O2.2ClH/c1-19-10-3-4-12(20-2)11(9-10)13(14(15)16)18-7-5-17-6-8-18;;/h3-4,9,13-14,17H,5-8H2,1-2H3;2*1H/t13-;;/m0../s1. The van der Waals surface area contributed by atoms with E-state index in [0.29, 0.717) is 30.2 Å². The molecule has 1 N–H and O–H groups in total. The predicted molar refractivity (Wildman–Crippen MR) is 87.2 cm³/mol. The van der Waals surface area contributed by atoms with Crippen molar-refractivity contribution in [3.63, 3.8) is 0 Å². The van der Waals surface area contributed by atoms with Crippen molar-refractivity contribution in [2.24, 2.45) is 0 Å². The fourth-order valence-electron chi connectivity index (χ4n) is 2.52. The fraction of sp³-hybridized carbons (Fsp3) is 0.571. The minimum atomic E-state index is -2.48. The van der Waals surface area contributed by atoms with Gasteiger partial charge in [-0.1, -0.05) is 0 Å². The molecule has 1 heterocycles. The van der Waals surface area contributed by atoms with Crippen molar-refractivity contribution in [3.05, 3.63) is 23.8 Å². The molecular weight excluding hydrogens is 337 g/mol. The normalized spacial score (nSPS) is 16.4. The summed E-state index contributed by atoms with van der Waals surface area (Å²) in [4.78, 5) is 1.79. The number of nitrogens with one attached hydrogen (secondary N) is 1. The molecule has 1 aromatic rings. The van der Waals surface area contributed by atoms with Crippen molar-refractivity contribution >= 4 is 24.8 Å². The smallest absolute Gasteiger partial charge is 0.258 e. The lowest BCUT2D eigenvalue weighted by Gasteiger charge is -2.35. The van der Waals surface area contributed by atoms with Crippen LogP contribution >= 0.6 is 24.8 Å². The van der Waals surface area contributed by atoms with Crippen molar-refractivity contribution in [1.29, 1.82) is 0 Å². The van der Waals surface area contributed by atoms with Crippen molar-refractivity contribution in [1.82, 2.24) is 10.2 Å². The minimum absolute atomic E-state index is 0. The Hall–Kier alpha value is -0.820. The summed E-state index contributed by atoms with van der Waals surface area (Å²) in [7, 11) is 3.01. The summed E-state index contributed by atoms with van der Waals surface area (Å²) in [5.74, 6) is 1.02. The molecule has 0 amide bonds. The lowest BCUT2D eigenvalue weighted by Crippen LogP contribution is -2.47. The van der Waals surface area contributed by atoms with Crippen LogP contribution in [0.15, 0.2) is 18.2 Å². The van der Waals surface area contributed by atoms with E-state index in [4.69, 9.17) is 9.47 Å². The molecule has 1 aromatic carbocycles.